The van der Waals surface area contributed by atoms with Crippen LogP contribution in [0.15, 0.2) is 0 Å². The van der Waals surface area contributed by atoms with Crippen LogP contribution >= 0.6 is 0 Å². The molecule has 4 unspecified atom stereocenters. The van der Waals surface area contributed by atoms with Crippen molar-refractivity contribution in [3.8, 4) is 0 Å². The van der Waals surface area contributed by atoms with Crippen LogP contribution in [0.3, 0.4) is 0 Å². The molecule has 1 aliphatic carbocycles. The van der Waals surface area contributed by atoms with E-state index in [1.54, 1.807) is 0 Å². The first kappa shape index (κ1) is 15.8. The summed E-state index contributed by atoms with van der Waals surface area (Å²) in [6.45, 7) is 4.21. The van der Waals surface area contributed by atoms with Crippen molar-refractivity contribution in [3.63, 3.8) is 0 Å². The molecule has 0 saturated heterocycles. The SMILES string of the molecule is CCC(C)CC(NN)C1CCCC(C(F)(F)F)C1. The van der Waals surface area contributed by atoms with Crippen LogP contribution in [0.5, 0.6) is 0 Å². The predicted octanol–water partition coefficient (Wildman–Crippen LogP) is 3.62. The second-order valence-corrected chi connectivity index (χ2v) is 5.69. The van der Waals surface area contributed by atoms with Crippen LogP contribution in [0.25, 0.3) is 0 Å². The summed E-state index contributed by atoms with van der Waals surface area (Å²) in [7, 11) is 0. The fourth-order valence-electron chi connectivity index (χ4n) is 2.89. The van der Waals surface area contributed by atoms with Gasteiger partial charge in [0.1, 0.15) is 0 Å². The first-order valence-electron chi connectivity index (χ1n) is 6.91. The lowest BCUT2D eigenvalue weighted by molar-refractivity contribution is -0.186. The molecule has 3 N–H and O–H groups in total. The van der Waals surface area contributed by atoms with Crippen LogP contribution in [-0.4, -0.2) is 12.2 Å². The minimum absolute atomic E-state index is 0.0186. The van der Waals surface area contributed by atoms with Gasteiger partial charge >= 0.3 is 6.18 Å². The van der Waals surface area contributed by atoms with Gasteiger partial charge < -0.3 is 0 Å². The fraction of sp³-hybridized carbons (Fsp3) is 1.00. The normalized spacial score (nSPS) is 29.0. The average molecular weight is 266 g/mol. The first-order valence-corrected chi connectivity index (χ1v) is 6.91. The predicted molar refractivity (Wildman–Crippen MR) is 66.7 cm³/mol. The highest BCUT2D eigenvalue weighted by atomic mass is 19.4. The third kappa shape index (κ3) is 4.43. The maximum absolute atomic E-state index is 12.8. The third-order valence-electron chi connectivity index (χ3n) is 4.31. The van der Waals surface area contributed by atoms with E-state index in [1.807, 2.05) is 0 Å². The van der Waals surface area contributed by atoms with Gasteiger partial charge in [0.05, 0.1) is 5.92 Å². The Bertz CT molecular complexity index is 243. The van der Waals surface area contributed by atoms with Crippen LogP contribution in [0.4, 0.5) is 13.2 Å². The summed E-state index contributed by atoms with van der Waals surface area (Å²) in [5, 5.41) is 0. The molecule has 1 fully saturated rings. The van der Waals surface area contributed by atoms with Gasteiger partial charge in [-0.05, 0) is 37.5 Å². The zero-order valence-corrected chi connectivity index (χ0v) is 11.3. The molecule has 0 spiro atoms. The van der Waals surface area contributed by atoms with Crippen molar-refractivity contribution in [2.24, 2.45) is 23.6 Å². The number of nitrogens with two attached hydrogens (primary N) is 1. The zero-order valence-electron chi connectivity index (χ0n) is 11.3. The Hall–Kier alpha value is -0.290. The molecule has 108 valence electrons. The molecule has 0 heterocycles. The monoisotopic (exact) mass is 266 g/mol. The van der Waals surface area contributed by atoms with E-state index >= 15 is 0 Å². The van der Waals surface area contributed by atoms with Crippen molar-refractivity contribution in [1.82, 2.24) is 5.43 Å². The van der Waals surface area contributed by atoms with Crippen LogP contribution in [-0.2, 0) is 0 Å². The third-order valence-corrected chi connectivity index (χ3v) is 4.31. The second-order valence-electron chi connectivity index (χ2n) is 5.69. The van der Waals surface area contributed by atoms with Gasteiger partial charge in [0, 0.05) is 6.04 Å². The van der Waals surface area contributed by atoms with Gasteiger partial charge in [-0.15, -0.1) is 0 Å². The Labute approximate surface area is 107 Å². The molecule has 1 rings (SSSR count). The van der Waals surface area contributed by atoms with E-state index < -0.39 is 12.1 Å². The molecular weight excluding hydrogens is 241 g/mol. The summed E-state index contributed by atoms with van der Waals surface area (Å²) in [4.78, 5) is 0. The molecule has 1 aliphatic rings. The first-order chi connectivity index (χ1) is 8.38. The highest BCUT2D eigenvalue weighted by Crippen LogP contribution is 2.41. The Morgan fingerprint density at radius 3 is 2.50 bits per heavy atom. The van der Waals surface area contributed by atoms with Gasteiger partial charge in [-0.25, -0.2) is 0 Å². The van der Waals surface area contributed by atoms with Gasteiger partial charge in [-0.1, -0.05) is 26.7 Å². The summed E-state index contributed by atoms with van der Waals surface area (Å²) < 4.78 is 38.3. The molecule has 0 aromatic rings. The molecule has 5 heteroatoms. The van der Waals surface area contributed by atoms with Crippen LogP contribution in [0.1, 0.15) is 52.4 Å². The van der Waals surface area contributed by atoms with Crippen molar-refractivity contribution < 1.29 is 13.2 Å². The molecule has 0 amide bonds. The quantitative estimate of drug-likeness (QED) is 0.589. The van der Waals surface area contributed by atoms with Gasteiger partial charge in [0.25, 0.3) is 0 Å². The van der Waals surface area contributed by atoms with Gasteiger partial charge in [0.15, 0.2) is 0 Å². The molecule has 2 nitrogen and oxygen atoms in total. The lowest BCUT2D eigenvalue weighted by Gasteiger charge is -2.36. The molecule has 0 radical (unpaired) electrons. The van der Waals surface area contributed by atoms with Crippen molar-refractivity contribution >= 4 is 0 Å². The number of nitrogens with one attached hydrogen (secondary N) is 1. The second kappa shape index (κ2) is 6.75. The molecule has 1 saturated carbocycles. The number of alkyl halides is 3. The van der Waals surface area contributed by atoms with E-state index in [0.29, 0.717) is 12.3 Å². The fourth-order valence-corrected chi connectivity index (χ4v) is 2.89. The zero-order chi connectivity index (χ0) is 13.8. The van der Waals surface area contributed by atoms with Gasteiger partial charge in [-0.3, -0.25) is 11.3 Å². The number of hydrogen-bond donors (Lipinski definition) is 2. The number of hydrogen-bond acceptors (Lipinski definition) is 2. The minimum Gasteiger partial charge on any atom is -0.271 e. The summed E-state index contributed by atoms with van der Waals surface area (Å²) in [6.07, 6.45) is -0.120. The van der Waals surface area contributed by atoms with Gasteiger partial charge in [-0.2, -0.15) is 13.2 Å². The smallest absolute Gasteiger partial charge is 0.271 e. The van der Waals surface area contributed by atoms with Gasteiger partial charge in [0.2, 0.25) is 0 Å². The highest BCUT2D eigenvalue weighted by Gasteiger charge is 2.43. The topological polar surface area (TPSA) is 38.0 Å². The van der Waals surface area contributed by atoms with Crippen molar-refractivity contribution in [2.45, 2.75) is 64.6 Å². The highest BCUT2D eigenvalue weighted by molar-refractivity contribution is 4.84. The van der Waals surface area contributed by atoms with E-state index in [-0.39, 0.29) is 24.8 Å². The molecule has 4 atom stereocenters. The molecule has 0 bridgehead atoms. The molecular formula is C13H25F3N2. The van der Waals surface area contributed by atoms with Crippen molar-refractivity contribution in [3.05, 3.63) is 0 Å². The van der Waals surface area contributed by atoms with Crippen LogP contribution in [0, 0.1) is 17.8 Å². The van der Waals surface area contributed by atoms with Crippen LogP contribution in [0.2, 0.25) is 0 Å². The number of rotatable bonds is 5. The Morgan fingerprint density at radius 1 is 1.33 bits per heavy atom. The van der Waals surface area contributed by atoms with Crippen LogP contribution < -0.4 is 11.3 Å². The van der Waals surface area contributed by atoms with E-state index in [1.165, 1.54) is 0 Å². The van der Waals surface area contributed by atoms with Crippen molar-refractivity contribution in [1.29, 1.82) is 0 Å². The summed E-state index contributed by atoms with van der Waals surface area (Å²) >= 11 is 0. The van der Waals surface area contributed by atoms with E-state index in [4.69, 9.17) is 5.84 Å². The Kier molecular flexibility index (Phi) is 5.92. The lowest BCUT2D eigenvalue weighted by Crippen LogP contribution is -2.45. The summed E-state index contributed by atoms with van der Waals surface area (Å²) in [6, 6.07) is 0.0186. The number of halogens is 3. The Balaban J connectivity index is 2.58. The minimum atomic E-state index is -4.05. The average Bonchev–Trinajstić information content (AvgIpc) is 2.34. The standard InChI is InChI=1S/C13H25F3N2/c1-3-9(2)7-12(18-17)10-5-4-6-11(8-10)13(14,15)16/h9-12,18H,3-8,17H2,1-2H3. The number of hydrazine groups is 1. The summed E-state index contributed by atoms with van der Waals surface area (Å²) in [5.41, 5.74) is 2.74. The molecule has 0 aliphatic heterocycles. The summed E-state index contributed by atoms with van der Waals surface area (Å²) in [5.74, 6) is 4.95. The largest absolute Gasteiger partial charge is 0.391 e. The van der Waals surface area contributed by atoms with E-state index in [0.717, 1.165) is 19.3 Å². The molecule has 0 aromatic heterocycles. The lowest BCUT2D eigenvalue weighted by atomic mass is 9.75. The maximum atomic E-state index is 12.8. The molecule has 18 heavy (non-hydrogen) atoms. The van der Waals surface area contributed by atoms with Crippen molar-refractivity contribution in [2.75, 3.05) is 0 Å². The maximum Gasteiger partial charge on any atom is 0.391 e. The van der Waals surface area contributed by atoms with E-state index in [2.05, 4.69) is 19.3 Å². The molecule has 0 aromatic carbocycles. The Morgan fingerprint density at radius 2 is 2.00 bits per heavy atom. The van der Waals surface area contributed by atoms with E-state index in [9.17, 15) is 13.2 Å².